The minimum absolute atomic E-state index is 0.000278. The molecule has 0 aromatic rings. The van der Waals surface area contributed by atoms with Crippen LogP contribution in [0, 0.1) is 0 Å². The van der Waals surface area contributed by atoms with Crippen LogP contribution in [0.5, 0.6) is 0 Å². The first-order valence-electron chi connectivity index (χ1n) is 5.85. The third-order valence-electron chi connectivity index (χ3n) is 1.49. The Balaban J connectivity index is -0.000000376. The van der Waals surface area contributed by atoms with Gasteiger partial charge in [-0.1, -0.05) is 27.7 Å². The summed E-state index contributed by atoms with van der Waals surface area (Å²) in [5.74, 6) is 0.0751. The minimum Gasteiger partial charge on any atom is -0.370 e. The third-order valence-corrected chi connectivity index (χ3v) is 1.49. The van der Waals surface area contributed by atoms with Gasteiger partial charge < -0.3 is 17.2 Å². The number of aliphatic imine (C=N–C) groups is 1. The van der Waals surface area contributed by atoms with Crippen molar-refractivity contribution in [2.75, 3.05) is 6.54 Å². The van der Waals surface area contributed by atoms with Crippen molar-refractivity contribution in [3.63, 3.8) is 0 Å². The van der Waals surface area contributed by atoms with E-state index in [1.165, 1.54) is 6.92 Å². The number of hydrogen-bond acceptors (Lipinski definition) is 3. The van der Waals surface area contributed by atoms with E-state index < -0.39 is 0 Å². The summed E-state index contributed by atoms with van der Waals surface area (Å²) in [5, 5.41) is 0. The van der Waals surface area contributed by atoms with E-state index in [0.717, 1.165) is 6.42 Å². The van der Waals surface area contributed by atoms with Gasteiger partial charge in [-0.15, -0.1) is 0 Å². The molecule has 0 rings (SSSR count). The fraction of sp³-hybridized carbons (Fsp3) is 0.818. The lowest BCUT2D eigenvalue weighted by atomic mass is 10.1. The van der Waals surface area contributed by atoms with Crippen LogP contribution in [0.4, 0.5) is 0 Å². The average molecular weight is 232 g/mol. The minimum atomic E-state index is -0.376. The lowest BCUT2D eigenvalue weighted by Gasteiger charge is -2.04. The normalized spacial score (nSPS) is 9.88. The zero-order chi connectivity index (χ0) is 13.6. The molecule has 0 saturated carbocycles. The SMILES string of the molecule is CC.CC.CC(=O)C(N)CCCN=C(N)N. The van der Waals surface area contributed by atoms with E-state index in [9.17, 15) is 4.79 Å². The Morgan fingerprint density at radius 1 is 1.19 bits per heavy atom. The highest BCUT2D eigenvalue weighted by atomic mass is 16.1. The fourth-order valence-electron chi connectivity index (χ4n) is 0.723. The largest absolute Gasteiger partial charge is 0.370 e. The molecule has 0 aliphatic rings. The number of Topliss-reactive ketones (excluding diaryl/α,β-unsaturated/α-hetero) is 1. The second kappa shape index (κ2) is 16.3. The molecule has 0 heterocycles. The molecule has 5 heteroatoms. The summed E-state index contributed by atoms with van der Waals surface area (Å²) in [6, 6.07) is -0.376. The molecule has 0 amide bonds. The van der Waals surface area contributed by atoms with Gasteiger partial charge in [0.1, 0.15) is 5.78 Å². The molecule has 0 aliphatic carbocycles. The zero-order valence-electron chi connectivity index (χ0n) is 11.3. The van der Waals surface area contributed by atoms with Gasteiger partial charge in [-0.05, 0) is 19.8 Å². The summed E-state index contributed by atoms with van der Waals surface area (Å²) in [5.41, 5.74) is 15.7. The number of nitrogens with zero attached hydrogens (tertiary/aromatic N) is 1. The van der Waals surface area contributed by atoms with Crippen LogP contribution in [0.25, 0.3) is 0 Å². The van der Waals surface area contributed by atoms with E-state index in [-0.39, 0.29) is 17.8 Å². The number of nitrogens with two attached hydrogens (primary N) is 3. The first-order valence-corrected chi connectivity index (χ1v) is 5.85. The maximum atomic E-state index is 10.7. The summed E-state index contributed by atoms with van der Waals surface area (Å²) >= 11 is 0. The van der Waals surface area contributed by atoms with Crippen molar-refractivity contribution < 1.29 is 4.79 Å². The molecule has 0 aromatic heterocycles. The van der Waals surface area contributed by atoms with Crippen LogP contribution < -0.4 is 17.2 Å². The Kier molecular flexibility index (Phi) is 20.8. The van der Waals surface area contributed by atoms with E-state index in [1.54, 1.807) is 0 Å². The number of rotatable bonds is 5. The summed E-state index contributed by atoms with van der Waals surface area (Å²) in [6.45, 7) is 10.0. The van der Waals surface area contributed by atoms with E-state index >= 15 is 0 Å². The van der Waals surface area contributed by atoms with E-state index in [1.807, 2.05) is 27.7 Å². The van der Waals surface area contributed by atoms with Gasteiger partial charge in [-0.2, -0.15) is 0 Å². The third kappa shape index (κ3) is 18.6. The monoisotopic (exact) mass is 232 g/mol. The summed E-state index contributed by atoms with van der Waals surface area (Å²) < 4.78 is 0. The first-order chi connectivity index (χ1) is 7.54. The molecule has 0 aliphatic heterocycles. The second-order valence-electron chi connectivity index (χ2n) is 2.67. The molecule has 1 atom stereocenters. The standard InChI is InChI=1S/C7H16N4O.2C2H6/c1-5(12)6(8)3-2-4-11-7(9)10;2*1-2/h6H,2-4,8H2,1H3,(H4,9,10,11);2*1-2H3. The number of guanidine groups is 1. The number of ketones is 1. The second-order valence-corrected chi connectivity index (χ2v) is 2.67. The molecule has 0 aromatic carbocycles. The lowest BCUT2D eigenvalue weighted by Crippen LogP contribution is -2.28. The molecule has 1 unspecified atom stereocenters. The van der Waals surface area contributed by atoms with Crippen molar-refractivity contribution in [1.29, 1.82) is 0 Å². The van der Waals surface area contributed by atoms with Crippen LogP contribution in [0.1, 0.15) is 47.5 Å². The number of hydrogen-bond donors (Lipinski definition) is 3. The summed E-state index contributed by atoms with van der Waals surface area (Å²) in [6.07, 6.45) is 1.37. The van der Waals surface area contributed by atoms with Crippen LogP contribution in [-0.2, 0) is 4.79 Å². The quantitative estimate of drug-likeness (QED) is 0.373. The predicted octanol–water partition coefficient (Wildman–Crippen LogP) is 1.01. The van der Waals surface area contributed by atoms with E-state index in [4.69, 9.17) is 17.2 Å². The topological polar surface area (TPSA) is 107 Å². The molecule has 6 N–H and O–H groups in total. The summed E-state index contributed by atoms with van der Waals surface area (Å²) in [4.78, 5) is 14.4. The maximum Gasteiger partial charge on any atom is 0.185 e. The summed E-state index contributed by atoms with van der Waals surface area (Å²) in [7, 11) is 0. The average Bonchev–Trinajstić information content (AvgIpc) is 2.29. The molecule has 0 bridgehead atoms. The van der Waals surface area contributed by atoms with Gasteiger partial charge in [0.15, 0.2) is 5.96 Å². The molecule has 0 radical (unpaired) electrons. The Hall–Kier alpha value is -1.10. The van der Waals surface area contributed by atoms with Crippen LogP contribution in [0.3, 0.4) is 0 Å². The number of carbonyl (C=O) groups is 1. The van der Waals surface area contributed by atoms with Gasteiger partial charge in [-0.25, -0.2) is 0 Å². The van der Waals surface area contributed by atoms with Gasteiger partial charge in [-0.3, -0.25) is 9.79 Å². The molecule has 98 valence electrons. The van der Waals surface area contributed by atoms with Crippen molar-refractivity contribution in [2.24, 2.45) is 22.2 Å². The highest BCUT2D eigenvalue weighted by Gasteiger charge is 2.05. The zero-order valence-corrected chi connectivity index (χ0v) is 11.3. The van der Waals surface area contributed by atoms with Crippen molar-refractivity contribution in [3.8, 4) is 0 Å². The van der Waals surface area contributed by atoms with Gasteiger partial charge in [0.2, 0.25) is 0 Å². The van der Waals surface area contributed by atoms with Crippen molar-refractivity contribution >= 4 is 11.7 Å². The highest BCUT2D eigenvalue weighted by molar-refractivity contribution is 5.81. The Morgan fingerprint density at radius 2 is 1.62 bits per heavy atom. The smallest absolute Gasteiger partial charge is 0.185 e. The van der Waals surface area contributed by atoms with Gasteiger partial charge in [0, 0.05) is 6.54 Å². The van der Waals surface area contributed by atoms with Crippen molar-refractivity contribution in [1.82, 2.24) is 0 Å². The Morgan fingerprint density at radius 3 is 1.94 bits per heavy atom. The van der Waals surface area contributed by atoms with Crippen LogP contribution in [-0.4, -0.2) is 24.3 Å². The van der Waals surface area contributed by atoms with Crippen molar-refractivity contribution in [3.05, 3.63) is 0 Å². The van der Waals surface area contributed by atoms with E-state index in [2.05, 4.69) is 4.99 Å². The number of carbonyl (C=O) groups excluding carboxylic acids is 1. The Bertz CT molecular complexity index is 177. The molecule has 16 heavy (non-hydrogen) atoms. The lowest BCUT2D eigenvalue weighted by molar-refractivity contribution is -0.118. The molecular formula is C11H28N4O. The molecule has 0 spiro atoms. The molecular weight excluding hydrogens is 204 g/mol. The molecule has 0 saturated heterocycles. The highest BCUT2D eigenvalue weighted by Crippen LogP contribution is 1.95. The van der Waals surface area contributed by atoms with Gasteiger partial charge in [0.25, 0.3) is 0 Å². The van der Waals surface area contributed by atoms with E-state index in [0.29, 0.717) is 13.0 Å². The Labute approximate surface area is 99.5 Å². The van der Waals surface area contributed by atoms with Gasteiger partial charge in [0.05, 0.1) is 6.04 Å². The molecule has 5 nitrogen and oxygen atoms in total. The van der Waals surface area contributed by atoms with Crippen LogP contribution in [0.15, 0.2) is 4.99 Å². The predicted molar refractivity (Wildman–Crippen MR) is 71.3 cm³/mol. The van der Waals surface area contributed by atoms with Gasteiger partial charge >= 0.3 is 0 Å². The maximum absolute atomic E-state index is 10.7. The van der Waals surface area contributed by atoms with Crippen LogP contribution >= 0.6 is 0 Å². The first kappa shape index (κ1) is 20.3. The van der Waals surface area contributed by atoms with Crippen LogP contribution in [0.2, 0.25) is 0 Å². The molecule has 0 fully saturated rings. The van der Waals surface area contributed by atoms with Crippen molar-refractivity contribution in [2.45, 2.75) is 53.5 Å². The fourth-order valence-corrected chi connectivity index (χ4v) is 0.723.